The van der Waals surface area contributed by atoms with Gasteiger partial charge in [-0.25, -0.2) is 0 Å². The molecule has 5 heteroatoms. The van der Waals surface area contributed by atoms with Gasteiger partial charge in [-0.1, -0.05) is 0 Å². The van der Waals surface area contributed by atoms with E-state index >= 15 is 0 Å². The third-order valence-electron chi connectivity index (χ3n) is 1.78. The molecular formula is C11H24N2O3. The van der Waals surface area contributed by atoms with Crippen molar-refractivity contribution in [3.63, 3.8) is 0 Å². The molecule has 1 amide bonds. The second kappa shape index (κ2) is 7.60. The molecule has 0 heterocycles. The number of aliphatic hydroxyl groups excluding tert-OH is 1. The van der Waals surface area contributed by atoms with E-state index < -0.39 is 6.10 Å². The smallest absolute Gasteiger partial charge is 0.221 e. The maximum atomic E-state index is 11.4. The van der Waals surface area contributed by atoms with E-state index in [1.54, 1.807) is 7.11 Å². The van der Waals surface area contributed by atoms with Crippen LogP contribution in [0.4, 0.5) is 0 Å². The standard InChI is InChI=1S/C11H24N2O3/c1-11(2,3)13-10(15)5-6-12-7-9(14)8-16-4/h9,12,14H,5-8H2,1-4H3,(H,13,15). The fraction of sp³-hybridized carbons (Fsp3) is 0.909. The first kappa shape index (κ1) is 15.3. The highest BCUT2D eigenvalue weighted by atomic mass is 16.5. The molecule has 0 fully saturated rings. The summed E-state index contributed by atoms with van der Waals surface area (Å²) in [6.07, 6.45) is -0.104. The lowest BCUT2D eigenvalue weighted by atomic mass is 10.1. The van der Waals surface area contributed by atoms with Crippen LogP contribution in [0, 0.1) is 0 Å². The Morgan fingerprint density at radius 3 is 2.56 bits per heavy atom. The Morgan fingerprint density at radius 1 is 1.44 bits per heavy atom. The maximum absolute atomic E-state index is 11.4. The fourth-order valence-corrected chi connectivity index (χ4v) is 1.20. The van der Waals surface area contributed by atoms with Gasteiger partial charge in [0, 0.05) is 32.2 Å². The number of carbonyl (C=O) groups excluding carboxylic acids is 1. The van der Waals surface area contributed by atoms with Gasteiger partial charge in [0.25, 0.3) is 0 Å². The molecule has 1 unspecified atom stereocenters. The molecule has 0 aliphatic rings. The summed E-state index contributed by atoms with van der Waals surface area (Å²) < 4.78 is 4.78. The molecule has 3 N–H and O–H groups in total. The summed E-state index contributed by atoms with van der Waals surface area (Å²) in [4.78, 5) is 11.4. The number of hydrogen-bond acceptors (Lipinski definition) is 4. The highest BCUT2D eigenvalue weighted by Gasteiger charge is 2.13. The predicted octanol–water partition coefficient (Wildman–Crippen LogP) is -0.112. The molecule has 1 atom stereocenters. The van der Waals surface area contributed by atoms with E-state index in [4.69, 9.17) is 4.74 Å². The zero-order chi connectivity index (χ0) is 12.6. The molecule has 0 aliphatic carbocycles. The topological polar surface area (TPSA) is 70.6 Å². The Morgan fingerprint density at radius 2 is 2.06 bits per heavy atom. The van der Waals surface area contributed by atoms with Gasteiger partial charge in [0.2, 0.25) is 5.91 Å². The normalized spacial score (nSPS) is 13.6. The van der Waals surface area contributed by atoms with Crippen molar-refractivity contribution >= 4 is 5.91 Å². The molecule has 5 nitrogen and oxygen atoms in total. The van der Waals surface area contributed by atoms with Crippen molar-refractivity contribution in [1.82, 2.24) is 10.6 Å². The lowest BCUT2D eigenvalue weighted by molar-refractivity contribution is -0.122. The Bertz CT molecular complexity index is 202. The van der Waals surface area contributed by atoms with Crippen molar-refractivity contribution in [2.24, 2.45) is 0 Å². The van der Waals surface area contributed by atoms with E-state index in [9.17, 15) is 9.90 Å². The largest absolute Gasteiger partial charge is 0.389 e. The van der Waals surface area contributed by atoms with E-state index in [0.717, 1.165) is 0 Å². The zero-order valence-corrected chi connectivity index (χ0v) is 10.7. The SMILES string of the molecule is COCC(O)CNCCC(=O)NC(C)(C)C. The van der Waals surface area contributed by atoms with Gasteiger partial charge in [-0.15, -0.1) is 0 Å². The molecule has 0 bridgehead atoms. The first-order valence-electron chi connectivity index (χ1n) is 5.54. The molecule has 0 aromatic heterocycles. The zero-order valence-electron chi connectivity index (χ0n) is 10.7. The molecule has 0 aromatic rings. The first-order chi connectivity index (χ1) is 7.35. The van der Waals surface area contributed by atoms with Gasteiger partial charge in [-0.3, -0.25) is 4.79 Å². The lowest BCUT2D eigenvalue weighted by Crippen LogP contribution is -2.42. The van der Waals surface area contributed by atoms with E-state index in [1.165, 1.54) is 0 Å². The van der Waals surface area contributed by atoms with E-state index in [0.29, 0.717) is 26.1 Å². The average Bonchev–Trinajstić information content (AvgIpc) is 2.10. The van der Waals surface area contributed by atoms with Gasteiger partial charge in [-0.05, 0) is 20.8 Å². The van der Waals surface area contributed by atoms with Crippen LogP contribution in [0.2, 0.25) is 0 Å². The molecule has 0 rings (SSSR count). The molecule has 0 aromatic carbocycles. The van der Waals surface area contributed by atoms with Crippen molar-refractivity contribution in [2.45, 2.75) is 38.8 Å². The molecule has 96 valence electrons. The number of nitrogens with one attached hydrogen (secondary N) is 2. The van der Waals surface area contributed by atoms with E-state index in [2.05, 4.69) is 10.6 Å². The number of ether oxygens (including phenoxy) is 1. The highest BCUT2D eigenvalue weighted by molar-refractivity contribution is 5.76. The summed E-state index contributed by atoms with van der Waals surface area (Å²) in [7, 11) is 1.54. The second-order valence-electron chi connectivity index (χ2n) is 4.86. The van der Waals surface area contributed by atoms with Crippen molar-refractivity contribution in [3.05, 3.63) is 0 Å². The molecule has 0 aliphatic heterocycles. The van der Waals surface area contributed by atoms with Crippen LogP contribution in [-0.4, -0.2) is 49.5 Å². The molecule has 0 radical (unpaired) electrons. The summed E-state index contributed by atoms with van der Waals surface area (Å²) >= 11 is 0. The number of methoxy groups -OCH3 is 1. The molecule has 0 saturated heterocycles. The number of carbonyl (C=O) groups is 1. The van der Waals surface area contributed by atoms with Crippen LogP contribution in [0.25, 0.3) is 0 Å². The summed E-state index contributed by atoms with van der Waals surface area (Å²) in [5, 5.41) is 15.2. The number of rotatable bonds is 7. The molecule has 0 spiro atoms. The Kier molecular flexibility index (Phi) is 7.29. The van der Waals surface area contributed by atoms with Crippen LogP contribution in [0.1, 0.15) is 27.2 Å². The van der Waals surface area contributed by atoms with Gasteiger partial charge in [-0.2, -0.15) is 0 Å². The second-order valence-corrected chi connectivity index (χ2v) is 4.86. The third kappa shape index (κ3) is 9.89. The van der Waals surface area contributed by atoms with Crippen LogP contribution in [0.3, 0.4) is 0 Å². The monoisotopic (exact) mass is 232 g/mol. The lowest BCUT2D eigenvalue weighted by Gasteiger charge is -2.20. The Hall–Kier alpha value is -0.650. The van der Waals surface area contributed by atoms with E-state index in [1.807, 2.05) is 20.8 Å². The molecular weight excluding hydrogens is 208 g/mol. The number of aliphatic hydroxyl groups is 1. The summed E-state index contributed by atoms with van der Waals surface area (Å²) in [5.74, 6) is 0.0150. The highest BCUT2D eigenvalue weighted by Crippen LogP contribution is 1.98. The minimum Gasteiger partial charge on any atom is -0.389 e. The minimum atomic E-state index is -0.518. The van der Waals surface area contributed by atoms with Crippen LogP contribution in [0.15, 0.2) is 0 Å². The van der Waals surface area contributed by atoms with Gasteiger partial charge >= 0.3 is 0 Å². The van der Waals surface area contributed by atoms with E-state index in [-0.39, 0.29) is 11.4 Å². The quantitative estimate of drug-likeness (QED) is 0.536. The van der Waals surface area contributed by atoms with Crippen molar-refractivity contribution < 1.29 is 14.6 Å². The predicted molar refractivity (Wildman–Crippen MR) is 63.3 cm³/mol. The first-order valence-corrected chi connectivity index (χ1v) is 5.54. The number of hydrogen-bond donors (Lipinski definition) is 3. The van der Waals surface area contributed by atoms with Crippen molar-refractivity contribution in [1.29, 1.82) is 0 Å². The van der Waals surface area contributed by atoms with Gasteiger partial charge < -0.3 is 20.5 Å². The summed E-state index contributed by atoms with van der Waals surface area (Å²) in [6, 6.07) is 0. The Labute approximate surface area is 97.6 Å². The fourth-order valence-electron chi connectivity index (χ4n) is 1.20. The van der Waals surface area contributed by atoms with Crippen LogP contribution < -0.4 is 10.6 Å². The van der Waals surface area contributed by atoms with Gasteiger partial charge in [0.05, 0.1) is 12.7 Å². The molecule has 16 heavy (non-hydrogen) atoms. The van der Waals surface area contributed by atoms with Crippen molar-refractivity contribution in [3.8, 4) is 0 Å². The van der Waals surface area contributed by atoms with Gasteiger partial charge in [0.15, 0.2) is 0 Å². The van der Waals surface area contributed by atoms with Crippen molar-refractivity contribution in [2.75, 3.05) is 26.8 Å². The Balaban J connectivity index is 3.48. The van der Waals surface area contributed by atoms with Crippen LogP contribution >= 0.6 is 0 Å². The molecule has 0 saturated carbocycles. The van der Waals surface area contributed by atoms with Crippen LogP contribution in [0.5, 0.6) is 0 Å². The minimum absolute atomic E-state index is 0.0150. The average molecular weight is 232 g/mol. The number of amides is 1. The van der Waals surface area contributed by atoms with Crippen LogP contribution in [-0.2, 0) is 9.53 Å². The third-order valence-corrected chi connectivity index (χ3v) is 1.78. The maximum Gasteiger partial charge on any atom is 0.221 e. The van der Waals surface area contributed by atoms with Gasteiger partial charge in [0.1, 0.15) is 0 Å². The summed E-state index contributed by atoms with van der Waals surface area (Å²) in [6.45, 7) is 7.14. The summed E-state index contributed by atoms with van der Waals surface area (Å²) in [5.41, 5.74) is -0.188.